The highest BCUT2D eigenvalue weighted by Gasteiger charge is 2.27. The van der Waals surface area contributed by atoms with Gasteiger partial charge < -0.3 is 19.4 Å². The maximum Gasteiger partial charge on any atom is 0.234 e. The van der Waals surface area contributed by atoms with E-state index in [9.17, 15) is 9.59 Å². The normalized spacial score (nSPS) is 20.8. The van der Waals surface area contributed by atoms with Crippen molar-refractivity contribution in [1.82, 2.24) is 19.7 Å². The highest BCUT2D eigenvalue weighted by molar-refractivity contribution is 5.99. The van der Waals surface area contributed by atoms with Crippen LogP contribution >= 0.6 is 0 Å². The molecule has 8 heteroatoms. The van der Waals surface area contributed by atoms with Gasteiger partial charge in [0.15, 0.2) is 23.4 Å². The van der Waals surface area contributed by atoms with Gasteiger partial charge in [0.2, 0.25) is 5.91 Å². The number of hydrogen-bond donors (Lipinski definition) is 1. The van der Waals surface area contributed by atoms with Gasteiger partial charge in [0, 0.05) is 49.2 Å². The molecule has 1 aromatic heterocycles. The first-order valence-electron chi connectivity index (χ1n) is 12.3. The number of hydrogen-bond acceptors (Lipinski definition) is 6. The minimum absolute atomic E-state index is 0.104. The molecule has 3 aliphatic rings. The lowest BCUT2D eigenvalue weighted by molar-refractivity contribution is -0.122. The summed E-state index contributed by atoms with van der Waals surface area (Å²) in [5.74, 6) is 1.81. The molecule has 2 aliphatic heterocycles. The van der Waals surface area contributed by atoms with E-state index >= 15 is 0 Å². The van der Waals surface area contributed by atoms with Crippen molar-refractivity contribution >= 4 is 11.7 Å². The van der Waals surface area contributed by atoms with Crippen molar-refractivity contribution in [3.8, 4) is 11.5 Å². The number of nitrogens with one attached hydrogen (secondary N) is 1. The van der Waals surface area contributed by atoms with Crippen LogP contribution in [0.1, 0.15) is 34.6 Å². The molecule has 3 heterocycles. The first-order valence-corrected chi connectivity index (χ1v) is 12.3. The quantitative estimate of drug-likeness (QED) is 0.600. The fourth-order valence-corrected chi connectivity index (χ4v) is 4.82. The molecule has 0 radical (unpaired) electrons. The summed E-state index contributed by atoms with van der Waals surface area (Å²) in [7, 11) is 0. The van der Waals surface area contributed by atoms with Gasteiger partial charge in [-0.1, -0.05) is 12.1 Å². The molecule has 1 N–H and O–H groups in total. The molecule has 1 saturated heterocycles. The molecule has 5 rings (SSSR count). The predicted octanol–water partition coefficient (Wildman–Crippen LogP) is 2.02. The number of ketones is 1. The number of aromatic nitrogens is 1. The van der Waals surface area contributed by atoms with E-state index in [2.05, 4.69) is 19.7 Å². The van der Waals surface area contributed by atoms with E-state index in [4.69, 9.17) is 9.47 Å². The van der Waals surface area contributed by atoms with Crippen LogP contribution in [0.25, 0.3) is 0 Å². The molecule has 8 nitrogen and oxygen atoms in total. The maximum absolute atomic E-state index is 13.2. The molecule has 2 fully saturated rings. The number of para-hydroxylation sites is 2. The number of fused-ring (bicyclic) bond motifs is 1. The molecule has 2 aromatic rings. The van der Waals surface area contributed by atoms with Crippen LogP contribution in [0.15, 0.2) is 30.3 Å². The molecule has 0 unspecified atom stereocenters. The Morgan fingerprint density at radius 3 is 2.38 bits per heavy atom. The zero-order valence-electron chi connectivity index (χ0n) is 20.1. The molecule has 1 aliphatic carbocycles. The summed E-state index contributed by atoms with van der Waals surface area (Å²) >= 11 is 0. The van der Waals surface area contributed by atoms with Gasteiger partial charge in [0.05, 0.1) is 19.6 Å². The van der Waals surface area contributed by atoms with Crippen LogP contribution in [-0.2, 0) is 11.3 Å². The number of Topliss-reactive ketones (excluding diaryl/α,β-unsaturated/α-hetero) is 1. The first kappa shape index (κ1) is 22.9. The van der Waals surface area contributed by atoms with Crippen LogP contribution in [0.3, 0.4) is 0 Å². The summed E-state index contributed by atoms with van der Waals surface area (Å²) in [5, 5.41) is 3.05. The van der Waals surface area contributed by atoms with Gasteiger partial charge in [0.25, 0.3) is 0 Å². The average Bonchev–Trinajstić information content (AvgIpc) is 3.60. The Bertz CT molecular complexity index is 1050. The molecule has 1 atom stereocenters. The second kappa shape index (κ2) is 9.80. The number of ether oxygens (including phenoxy) is 2. The summed E-state index contributed by atoms with van der Waals surface area (Å²) in [6.07, 6.45) is 2.11. The van der Waals surface area contributed by atoms with Crippen molar-refractivity contribution in [2.45, 2.75) is 45.4 Å². The lowest BCUT2D eigenvalue weighted by Gasteiger charge is -2.33. The van der Waals surface area contributed by atoms with E-state index in [1.165, 1.54) is 0 Å². The number of nitrogens with zero attached hydrogens (tertiary/aromatic N) is 3. The van der Waals surface area contributed by atoms with Crippen LogP contribution in [0.5, 0.6) is 11.5 Å². The van der Waals surface area contributed by atoms with Crippen LogP contribution in [0, 0.1) is 13.8 Å². The summed E-state index contributed by atoms with van der Waals surface area (Å²) < 4.78 is 14.1. The third-order valence-corrected chi connectivity index (χ3v) is 6.97. The molecule has 0 bridgehead atoms. The summed E-state index contributed by atoms with van der Waals surface area (Å²) in [4.78, 5) is 29.6. The van der Waals surface area contributed by atoms with Gasteiger partial charge in [-0.05, 0) is 44.9 Å². The van der Waals surface area contributed by atoms with Gasteiger partial charge in [-0.2, -0.15) is 0 Å². The van der Waals surface area contributed by atoms with Crippen molar-refractivity contribution in [3.63, 3.8) is 0 Å². The molecule has 34 heavy (non-hydrogen) atoms. The van der Waals surface area contributed by atoms with Gasteiger partial charge in [-0.25, -0.2) is 0 Å². The van der Waals surface area contributed by atoms with E-state index in [-0.39, 0.29) is 17.8 Å². The van der Waals surface area contributed by atoms with Crippen LogP contribution in [-0.4, -0.2) is 84.1 Å². The third kappa shape index (κ3) is 5.28. The van der Waals surface area contributed by atoms with Gasteiger partial charge in [-0.15, -0.1) is 0 Å². The Morgan fingerprint density at radius 2 is 1.68 bits per heavy atom. The summed E-state index contributed by atoms with van der Waals surface area (Å²) in [6, 6.07) is 10.1. The molecule has 1 amide bonds. The molecular weight excluding hydrogens is 432 g/mol. The Hall–Kier alpha value is -2.84. The highest BCUT2D eigenvalue weighted by atomic mass is 16.6. The van der Waals surface area contributed by atoms with Crippen molar-refractivity contribution in [3.05, 3.63) is 47.3 Å². The van der Waals surface area contributed by atoms with Gasteiger partial charge >= 0.3 is 0 Å². The number of amides is 1. The van der Waals surface area contributed by atoms with Crippen LogP contribution < -0.4 is 14.8 Å². The fourth-order valence-electron chi connectivity index (χ4n) is 4.82. The van der Waals surface area contributed by atoms with E-state index in [1.54, 1.807) is 0 Å². The number of carbonyl (C=O) groups excluding carboxylic acids is 2. The Balaban J connectivity index is 1.14. The smallest absolute Gasteiger partial charge is 0.234 e. The molecule has 1 saturated carbocycles. The molecule has 182 valence electrons. The largest absolute Gasteiger partial charge is 0.486 e. The lowest BCUT2D eigenvalue weighted by atomic mass is 10.1. The van der Waals surface area contributed by atoms with Crippen LogP contribution in [0.4, 0.5) is 0 Å². The highest BCUT2D eigenvalue weighted by Crippen LogP contribution is 2.31. The van der Waals surface area contributed by atoms with E-state index < -0.39 is 0 Å². The Morgan fingerprint density at radius 1 is 1.00 bits per heavy atom. The number of carbonyl (C=O) groups is 2. The lowest BCUT2D eigenvalue weighted by Crippen LogP contribution is -2.50. The second-order valence-electron chi connectivity index (χ2n) is 9.71. The minimum atomic E-state index is -0.104. The number of benzene rings is 1. The summed E-state index contributed by atoms with van der Waals surface area (Å²) in [5.41, 5.74) is 2.80. The fraction of sp³-hybridized carbons (Fsp3) is 0.538. The topological polar surface area (TPSA) is 76.0 Å². The third-order valence-electron chi connectivity index (χ3n) is 6.97. The van der Waals surface area contributed by atoms with Crippen molar-refractivity contribution in [2.24, 2.45) is 0 Å². The zero-order valence-corrected chi connectivity index (χ0v) is 20.1. The van der Waals surface area contributed by atoms with Crippen LogP contribution in [0.2, 0.25) is 0 Å². The molecule has 0 spiro atoms. The number of rotatable bonds is 8. The van der Waals surface area contributed by atoms with Gasteiger partial charge in [0.1, 0.15) is 6.61 Å². The zero-order chi connectivity index (χ0) is 23.7. The standard InChI is InChI=1S/C26H34N4O4/c1-18-13-22(19(2)30(18)14-21-17-33-24-5-3-4-6-25(24)34-21)23(31)15-28-9-11-29(12-10-28)16-26(32)27-20-7-8-20/h3-6,13,20-21H,7-12,14-17H2,1-2H3,(H,27,32)/t21-/m1/s1. The van der Waals surface area contributed by atoms with Crippen molar-refractivity contribution < 1.29 is 19.1 Å². The molecule has 1 aromatic carbocycles. The average molecular weight is 467 g/mol. The van der Waals surface area contributed by atoms with E-state index in [0.717, 1.165) is 67.5 Å². The maximum atomic E-state index is 13.2. The SMILES string of the molecule is Cc1cc(C(=O)CN2CCN(CC(=O)NC3CC3)CC2)c(C)n1C[C@@H]1COc2ccccc2O1. The summed E-state index contributed by atoms with van der Waals surface area (Å²) in [6.45, 7) is 9.25. The monoisotopic (exact) mass is 466 g/mol. The van der Waals surface area contributed by atoms with Crippen molar-refractivity contribution in [1.29, 1.82) is 0 Å². The molecular formula is C26H34N4O4. The number of piperazine rings is 1. The Kier molecular flexibility index (Phi) is 6.61. The minimum Gasteiger partial charge on any atom is -0.486 e. The second-order valence-corrected chi connectivity index (χ2v) is 9.71. The number of aryl methyl sites for hydroxylation is 1. The van der Waals surface area contributed by atoms with Gasteiger partial charge in [-0.3, -0.25) is 19.4 Å². The predicted molar refractivity (Wildman–Crippen MR) is 129 cm³/mol. The Labute approximate surface area is 200 Å². The first-order chi connectivity index (χ1) is 16.5. The van der Waals surface area contributed by atoms with Crippen molar-refractivity contribution in [2.75, 3.05) is 45.9 Å². The van der Waals surface area contributed by atoms with E-state index in [1.807, 2.05) is 44.2 Å². The van der Waals surface area contributed by atoms with E-state index in [0.29, 0.717) is 32.3 Å².